The molecule has 1 aromatic heterocycles. The highest BCUT2D eigenvalue weighted by Gasteiger charge is 2.26. The smallest absolute Gasteiger partial charge is 0.331 e. The van der Waals surface area contributed by atoms with Crippen LogP contribution >= 0.6 is 0 Å². The summed E-state index contributed by atoms with van der Waals surface area (Å²) in [6.45, 7) is 3.87. The summed E-state index contributed by atoms with van der Waals surface area (Å²) in [5.41, 5.74) is 1.35. The van der Waals surface area contributed by atoms with E-state index in [0.29, 0.717) is 18.5 Å². The lowest BCUT2D eigenvalue weighted by Crippen LogP contribution is -2.33. The van der Waals surface area contributed by atoms with Gasteiger partial charge in [-0.2, -0.15) is 0 Å². The molecule has 1 heterocycles. The minimum absolute atomic E-state index is 0.342. The van der Waals surface area contributed by atoms with Gasteiger partial charge >= 0.3 is 5.97 Å². The Morgan fingerprint density at radius 2 is 2.38 bits per heavy atom. The van der Waals surface area contributed by atoms with E-state index in [9.17, 15) is 9.59 Å². The zero-order valence-corrected chi connectivity index (χ0v) is 9.25. The zero-order chi connectivity index (χ0) is 12.1. The molecule has 1 atom stereocenters. The van der Waals surface area contributed by atoms with E-state index in [1.807, 2.05) is 0 Å². The van der Waals surface area contributed by atoms with Gasteiger partial charge in [-0.15, -0.1) is 0 Å². The normalized spacial score (nSPS) is 11.9. The number of aromatic nitrogens is 1. The number of carbonyl (C=O) groups excluding carboxylic acids is 1. The first kappa shape index (κ1) is 12.2. The van der Waals surface area contributed by atoms with Crippen LogP contribution in [0.4, 0.5) is 0 Å². The van der Waals surface area contributed by atoms with Crippen LogP contribution in [0, 0.1) is 6.92 Å². The van der Waals surface area contributed by atoms with Gasteiger partial charge in [0.25, 0.3) is 0 Å². The Bertz CT molecular complexity index is 393. The van der Waals surface area contributed by atoms with E-state index in [2.05, 4.69) is 4.98 Å². The minimum Gasteiger partial charge on any atom is -0.479 e. The molecule has 0 fully saturated rings. The summed E-state index contributed by atoms with van der Waals surface area (Å²) >= 11 is 0. The van der Waals surface area contributed by atoms with Crippen molar-refractivity contribution in [1.82, 2.24) is 9.88 Å². The van der Waals surface area contributed by atoms with Crippen LogP contribution in [-0.4, -0.2) is 33.9 Å². The van der Waals surface area contributed by atoms with E-state index in [1.54, 1.807) is 26.1 Å². The summed E-state index contributed by atoms with van der Waals surface area (Å²) in [5, 5.41) is 9.16. The third-order valence-corrected chi connectivity index (χ3v) is 2.44. The number of hydrogen-bond acceptors (Lipinski definition) is 3. The maximum Gasteiger partial charge on any atom is 0.331 e. The second kappa shape index (κ2) is 5.25. The molecule has 1 rings (SSSR count). The topological polar surface area (TPSA) is 70.5 Å². The minimum atomic E-state index is -1.05. The molecule has 0 aliphatic carbocycles. The molecule has 0 saturated carbocycles. The van der Waals surface area contributed by atoms with Crippen molar-refractivity contribution in [1.29, 1.82) is 0 Å². The van der Waals surface area contributed by atoms with Crippen LogP contribution in [0.5, 0.6) is 0 Å². The SMILES string of the molecule is CCN(C=O)C(C(=O)O)c1cnccc1C. The molecule has 1 unspecified atom stereocenters. The second-order valence-corrected chi connectivity index (χ2v) is 3.41. The van der Waals surface area contributed by atoms with Gasteiger partial charge in [0, 0.05) is 24.5 Å². The molecule has 86 valence electrons. The standard InChI is InChI=1S/C11H14N2O3/c1-3-13(7-14)10(11(15)16)9-6-12-5-4-8(9)2/h4-7,10H,3H2,1-2H3,(H,15,16). The van der Waals surface area contributed by atoms with Gasteiger partial charge in [0.2, 0.25) is 6.41 Å². The lowest BCUT2D eigenvalue weighted by atomic mass is 10.0. The summed E-state index contributed by atoms with van der Waals surface area (Å²) in [5.74, 6) is -1.05. The molecule has 1 amide bonds. The molecule has 0 spiro atoms. The van der Waals surface area contributed by atoms with Crippen LogP contribution in [0.2, 0.25) is 0 Å². The van der Waals surface area contributed by atoms with E-state index >= 15 is 0 Å². The van der Waals surface area contributed by atoms with E-state index in [0.717, 1.165) is 5.56 Å². The number of carboxylic acids is 1. The molecule has 5 heteroatoms. The Morgan fingerprint density at radius 1 is 1.69 bits per heavy atom. The highest BCUT2D eigenvalue weighted by Crippen LogP contribution is 2.21. The lowest BCUT2D eigenvalue weighted by molar-refractivity contribution is -0.146. The summed E-state index contributed by atoms with van der Waals surface area (Å²) in [4.78, 5) is 27.1. The Hall–Kier alpha value is -1.91. The van der Waals surface area contributed by atoms with Gasteiger partial charge in [-0.05, 0) is 25.5 Å². The van der Waals surface area contributed by atoms with Crippen LogP contribution in [-0.2, 0) is 9.59 Å². The quantitative estimate of drug-likeness (QED) is 0.754. The first-order chi connectivity index (χ1) is 7.61. The molecule has 0 saturated heterocycles. The second-order valence-electron chi connectivity index (χ2n) is 3.41. The number of carbonyl (C=O) groups is 2. The molecule has 1 N–H and O–H groups in total. The molecule has 0 aliphatic heterocycles. The Kier molecular flexibility index (Phi) is 3.99. The average Bonchev–Trinajstić information content (AvgIpc) is 2.27. The molecule has 0 radical (unpaired) electrons. The number of likely N-dealkylation sites (N-methyl/N-ethyl adjacent to an activating group) is 1. The number of rotatable bonds is 5. The fourth-order valence-electron chi connectivity index (χ4n) is 1.53. The van der Waals surface area contributed by atoms with Crippen molar-refractivity contribution < 1.29 is 14.7 Å². The lowest BCUT2D eigenvalue weighted by Gasteiger charge is -2.24. The molecule has 0 bridgehead atoms. The first-order valence-corrected chi connectivity index (χ1v) is 4.96. The van der Waals surface area contributed by atoms with Crippen LogP contribution in [0.3, 0.4) is 0 Å². The predicted molar refractivity (Wildman–Crippen MR) is 57.8 cm³/mol. The number of aliphatic carboxylic acids is 1. The van der Waals surface area contributed by atoms with Gasteiger partial charge in [-0.25, -0.2) is 4.79 Å². The number of carboxylic acid groups (broad SMARTS) is 1. The van der Waals surface area contributed by atoms with Crippen molar-refractivity contribution in [3.8, 4) is 0 Å². The Morgan fingerprint density at radius 3 is 2.81 bits per heavy atom. The molecule has 16 heavy (non-hydrogen) atoms. The van der Waals surface area contributed by atoms with Crippen molar-refractivity contribution in [2.75, 3.05) is 6.54 Å². The summed E-state index contributed by atoms with van der Waals surface area (Å²) < 4.78 is 0. The van der Waals surface area contributed by atoms with Crippen molar-refractivity contribution in [3.05, 3.63) is 29.6 Å². The number of amides is 1. The molecule has 0 aromatic carbocycles. The number of hydrogen-bond donors (Lipinski definition) is 1. The highest BCUT2D eigenvalue weighted by molar-refractivity contribution is 5.78. The third kappa shape index (κ3) is 2.36. The van der Waals surface area contributed by atoms with Gasteiger partial charge in [0.05, 0.1) is 0 Å². The van der Waals surface area contributed by atoms with E-state index < -0.39 is 12.0 Å². The zero-order valence-electron chi connectivity index (χ0n) is 9.25. The van der Waals surface area contributed by atoms with E-state index in [4.69, 9.17) is 5.11 Å². The fraction of sp³-hybridized carbons (Fsp3) is 0.364. The third-order valence-electron chi connectivity index (χ3n) is 2.44. The van der Waals surface area contributed by atoms with Crippen molar-refractivity contribution in [3.63, 3.8) is 0 Å². The van der Waals surface area contributed by atoms with Gasteiger partial charge in [0.15, 0.2) is 6.04 Å². The highest BCUT2D eigenvalue weighted by atomic mass is 16.4. The Labute approximate surface area is 93.7 Å². The average molecular weight is 222 g/mol. The molecular formula is C11H14N2O3. The van der Waals surface area contributed by atoms with Gasteiger partial charge in [-0.3, -0.25) is 9.78 Å². The molecular weight excluding hydrogens is 208 g/mol. The number of aryl methyl sites for hydroxylation is 1. The molecule has 5 nitrogen and oxygen atoms in total. The predicted octanol–water partition coefficient (Wildman–Crippen LogP) is 0.994. The van der Waals surface area contributed by atoms with Crippen molar-refractivity contribution >= 4 is 12.4 Å². The summed E-state index contributed by atoms with van der Waals surface area (Å²) in [7, 11) is 0. The molecule has 0 aliphatic rings. The number of nitrogens with zero attached hydrogens (tertiary/aromatic N) is 2. The largest absolute Gasteiger partial charge is 0.479 e. The monoisotopic (exact) mass is 222 g/mol. The van der Waals surface area contributed by atoms with Crippen LogP contribution < -0.4 is 0 Å². The van der Waals surface area contributed by atoms with Gasteiger partial charge in [0.1, 0.15) is 0 Å². The number of pyridine rings is 1. The van der Waals surface area contributed by atoms with E-state index in [1.165, 1.54) is 11.1 Å². The van der Waals surface area contributed by atoms with Gasteiger partial charge < -0.3 is 10.0 Å². The summed E-state index contributed by atoms with van der Waals surface area (Å²) in [6, 6.07) is 0.764. The fourth-order valence-corrected chi connectivity index (χ4v) is 1.53. The van der Waals surface area contributed by atoms with Crippen LogP contribution in [0.15, 0.2) is 18.5 Å². The van der Waals surface area contributed by atoms with Crippen LogP contribution in [0.25, 0.3) is 0 Å². The maximum absolute atomic E-state index is 11.2. The van der Waals surface area contributed by atoms with Crippen molar-refractivity contribution in [2.24, 2.45) is 0 Å². The van der Waals surface area contributed by atoms with Gasteiger partial charge in [-0.1, -0.05) is 0 Å². The van der Waals surface area contributed by atoms with Crippen LogP contribution in [0.1, 0.15) is 24.1 Å². The van der Waals surface area contributed by atoms with Crippen molar-refractivity contribution in [2.45, 2.75) is 19.9 Å². The molecule has 1 aromatic rings. The maximum atomic E-state index is 11.2. The Balaban J connectivity index is 3.17. The van der Waals surface area contributed by atoms with E-state index in [-0.39, 0.29) is 0 Å². The first-order valence-electron chi connectivity index (χ1n) is 4.96. The summed E-state index contributed by atoms with van der Waals surface area (Å²) in [6.07, 6.45) is 3.63.